The van der Waals surface area contributed by atoms with Gasteiger partial charge in [0.15, 0.2) is 0 Å². The van der Waals surface area contributed by atoms with E-state index in [0.717, 1.165) is 27.3 Å². The lowest BCUT2D eigenvalue weighted by Gasteiger charge is -2.10. The van der Waals surface area contributed by atoms with Gasteiger partial charge in [-0.25, -0.2) is 9.97 Å². The number of rotatable bonds is 4. The molecule has 4 nitrogen and oxygen atoms in total. The summed E-state index contributed by atoms with van der Waals surface area (Å²) in [5, 5.41) is 6.59. The van der Waals surface area contributed by atoms with Gasteiger partial charge in [0.05, 0.1) is 12.5 Å². The first-order valence-corrected chi connectivity index (χ1v) is 7.22. The number of nitrogens with one attached hydrogen (secondary N) is 1. The normalized spacial score (nSPS) is 10.7. The summed E-state index contributed by atoms with van der Waals surface area (Å²) in [6.45, 7) is 2.75. The van der Waals surface area contributed by atoms with E-state index in [2.05, 4.69) is 27.6 Å². The van der Waals surface area contributed by atoms with Crippen LogP contribution in [0.2, 0.25) is 0 Å². The van der Waals surface area contributed by atoms with Gasteiger partial charge in [0.25, 0.3) is 0 Å². The summed E-state index contributed by atoms with van der Waals surface area (Å²) < 4.78 is 5.36. The van der Waals surface area contributed by atoms with Crippen LogP contribution < -0.4 is 10.1 Å². The van der Waals surface area contributed by atoms with Gasteiger partial charge < -0.3 is 10.1 Å². The van der Waals surface area contributed by atoms with Crippen molar-refractivity contribution in [3.63, 3.8) is 0 Å². The molecule has 0 amide bonds. The first-order chi connectivity index (χ1) is 9.79. The molecular formula is C15H15N3OS. The van der Waals surface area contributed by atoms with Crippen molar-refractivity contribution in [2.75, 3.05) is 12.4 Å². The fourth-order valence-corrected chi connectivity index (χ4v) is 3.07. The molecule has 0 unspecified atom stereocenters. The van der Waals surface area contributed by atoms with E-state index in [1.165, 1.54) is 5.56 Å². The number of fused-ring (bicyclic) bond motifs is 1. The van der Waals surface area contributed by atoms with Crippen LogP contribution in [-0.2, 0) is 6.54 Å². The molecule has 2 aromatic heterocycles. The molecule has 102 valence electrons. The second kappa shape index (κ2) is 5.46. The molecule has 0 atom stereocenters. The molecule has 2 heterocycles. The maximum Gasteiger partial charge on any atom is 0.138 e. The molecular weight excluding hydrogens is 270 g/mol. The highest BCUT2D eigenvalue weighted by Gasteiger charge is 2.09. The molecule has 0 bridgehead atoms. The summed E-state index contributed by atoms with van der Waals surface area (Å²) in [4.78, 5) is 9.66. The fourth-order valence-electron chi connectivity index (χ4n) is 2.18. The van der Waals surface area contributed by atoms with E-state index in [1.807, 2.05) is 24.3 Å². The predicted molar refractivity (Wildman–Crippen MR) is 82.5 cm³/mol. The van der Waals surface area contributed by atoms with Crippen LogP contribution in [0.1, 0.15) is 11.1 Å². The molecule has 1 N–H and O–H groups in total. The summed E-state index contributed by atoms with van der Waals surface area (Å²) in [5.41, 5.74) is 2.31. The van der Waals surface area contributed by atoms with Crippen molar-refractivity contribution >= 4 is 27.4 Å². The van der Waals surface area contributed by atoms with Gasteiger partial charge >= 0.3 is 0 Å². The highest BCUT2D eigenvalue weighted by molar-refractivity contribution is 7.17. The topological polar surface area (TPSA) is 47.0 Å². The zero-order chi connectivity index (χ0) is 13.9. The molecule has 0 radical (unpaired) electrons. The van der Waals surface area contributed by atoms with E-state index < -0.39 is 0 Å². The van der Waals surface area contributed by atoms with E-state index in [4.69, 9.17) is 4.74 Å². The summed E-state index contributed by atoms with van der Waals surface area (Å²) in [6.07, 6.45) is 1.60. The summed E-state index contributed by atoms with van der Waals surface area (Å²) in [7, 11) is 1.69. The molecule has 0 saturated heterocycles. The van der Waals surface area contributed by atoms with Crippen LogP contribution in [-0.4, -0.2) is 17.1 Å². The Morgan fingerprint density at radius 1 is 1.25 bits per heavy atom. The SMILES string of the molecule is COc1ccccc1CNc1ncnc2scc(C)c12. The van der Waals surface area contributed by atoms with Crippen molar-refractivity contribution in [1.29, 1.82) is 0 Å². The van der Waals surface area contributed by atoms with Crippen LogP contribution in [0.25, 0.3) is 10.2 Å². The lowest BCUT2D eigenvalue weighted by molar-refractivity contribution is 0.410. The Labute approximate surface area is 121 Å². The number of nitrogens with zero attached hydrogens (tertiary/aromatic N) is 2. The minimum atomic E-state index is 0.672. The molecule has 0 fully saturated rings. The first-order valence-electron chi connectivity index (χ1n) is 6.34. The first kappa shape index (κ1) is 12.9. The van der Waals surface area contributed by atoms with Crippen molar-refractivity contribution in [3.8, 4) is 5.75 Å². The molecule has 0 aliphatic carbocycles. The van der Waals surface area contributed by atoms with Crippen molar-refractivity contribution in [3.05, 3.63) is 47.1 Å². The van der Waals surface area contributed by atoms with Crippen LogP contribution in [0.3, 0.4) is 0 Å². The number of hydrogen-bond acceptors (Lipinski definition) is 5. The lowest BCUT2D eigenvalue weighted by Crippen LogP contribution is -2.03. The Hall–Kier alpha value is -2.14. The Kier molecular flexibility index (Phi) is 3.52. The summed E-state index contributed by atoms with van der Waals surface area (Å²) in [6, 6.07) is 7.98. The number of ether oxygens (including phenoxy) is 1. The fraction of sp³-hybridized carbons (Fsp3) is 0.200. The quantitative estimate of drug-likeness (QED) is 0.795. The molecule has 3 rings (SSSR count). The van der Waals surface area contributed by atoms with Crippen LogP contribution in [0.5, 0.6) is 5.75 Å². The molecule has 0 spiro atoms. The van der Waals surface area contributed by atoms with Crippen molar-refractivity contribution in [2.24, 2.45) is 0 Å². The van der Waals surface area contributed by atoms with Crippen LogP contribution in [0.15, 0.2) is 36.0 Å². The second-order valence-corrected chi connectivity index (χ2v) is 5.34. The Bertz CT molecular complexity index is 739. The van der Waals surface area contributed by atoms with E-state index >= 15 is 0 Å². The van der Waals surface area contributed by atoms with E-state index in [9.17, 15) is 0 Å². The number of hydrogen-bond donors (Lipinski definition) is 1. The average molecular weight is 285 g/mol. The van der Waals surface area contributed by atoms with Crippen molar-refractivity contribution in [2.45, 2.75) is 13.5 Å². The van der Waals surface area contributed by atoms with E-state index in [1.54, 1.807) is 24.8 Å². The number of anilines is 1. The van der Waals surface area contributed by atoms with E-state index in [-0.39, 0.29) is 0 Å². The molecule has 1 aromatic carbocycles. The zero-order valence-electron chi connectivity index (χ0n) is 11.4. The third-order valence-electron chi connectivity index (χ3n) is 3.19. The van der Waals surface area contributed by atoms with Crippen LogP contribution in [0, 0.1) is 6.92 Å². The van der Waals surface area contributed by atoms with E-state index in [0.29, 0.717) is 6.54 Å². The largest absolute Gasteiger partial charge is 0.496 e. The number of methoxy groups -OCH3 is 1. The predicted octanol–water partition coefficient (Wildman–Crippen LogP) is 3.62. The Morgan fingerprint density at radius 2 is 2.10 bits per heavy atom. The van der Waals surface area contributed by atoms with Gasteiger partial charge in [-0.3, -0.25) is 0 Å². The minimum Gasteiger partial charge on any atom is -0.496 e. The van der Waals surface area contributed by atoms with Gasteiger partial charge in [-0.05, 0) is 23.9 Å². The average Bonchev–Trinajstić information content (AvgIpc) is 2.87. The summed E-state index contributed by atoms with van der Waals surface area (Å²) >= 11 is 1.64. The van der Waals surface area contributed by atoms with Crippen LogP contribution >= 0.6 is 11.3 Å². The van der Waals surface area contributed by atoms with Crippen molar-refractivity contribution in [1.82, 2.24) is 9.97 Å². The minimum absolute atomic E-state index is 0.672. The molecule has 20 heavy (non-hydrogen) atoms. The molecule has 0 saturated carbocycles. The van der Waals surface area contributed by atoms with Crippen LogP contribution in [0.4, 0.5) is 5.82 Å². The maximum atomic E-state index is 5.36. The highest BCUT2D eigenvalue weighted by Crippen LogP contribution is 2.29. The smallest absolute Gasteiger partial charge is 0.138 e. The molecule has 0 aliphatic heterocycles. The molecule has 0 aliphatic rings. The lowest BCUT2D eigenvalue weighted by atomic mass is 10.2. The maximum absolute atomic E-state index is 5.36. The highest BCUT2D eigenvalue weighted by atomic mass is 32.1. The second-order valence-electron chi connectivity index (χ2n) is 4.49. The molecule has 5 heteroatoms. The summed E-state index contributed by atoms with van der Waals surface area (Å²) in [5.74, 6) is 1.76. The Morgan fingerprint density at radius 3 is 2.95 bits per heavy atom. The molecule has 3 aromatic rings. The number of benzene rings is 1. The van der Waals surface area contributed by atoms with Gasteiger partial charge in [-0.15, -0.1) is 11.3 Å². The number of aryl methyl sites for hydroxylation is 1. The number of thiophene rings is 1. The van der Waals surface area contributed by atoms with Gasteiger partial charge in [0.2, 0.25) is 0 Å². The van der Waals surface area contributed by atoms with Crippen molar-refractivity contribution < 1.29 is 4.74 Å². The van der Waals surface area contributed by atoms with Gasteiger partial charge in [-0.2, -0.15) is 0 Å². The van der Waals surface area contributed by atoms with Gasteiger partial charge in [0.1, 0.15) is 22.7 Å². The Balaban J connectivity index is 1.89. The third kappa shape index (κ3) is 2.32. The standard InChI is InChI=1S/C15H15N3OS/c1-10-8-20-15-13(10)14(17-9-18-15)16-7-11-5-3-4-6-12(11)19-2/h3-6,8-9H,7H2,1-2H3,(H,16,17,18). The third-order valence-corrected chi connectivity index (χ3v) is 4.20. The van der Waals surface area contributed by atoms with Gasteiger partial charge in [-0.1, -0.05) is 18.2 Å². The van der Waals surface area contributed by atoms with Gasteiger partial charge in [0, 0.05) is 12.1 Å². The number of para-hydroxylation sites is 1. The zero-order valence-corrected chi connectivity index (χ0v) is 12.2. The number of aromatic nitrogens is 2. The monoisotopic (exact) mass is 285 g/mol.